The summed E-state index contributed by atoms with van der Waals surface area (Å²) >= 11 is 0. The number of aliphatic hydroxyl groups is 1. The molecule has 7 heteroatoms. The number of aliphatic hydroxyl groups excluding tert-OH is 1. The molecule has 1 aliphatic rings. The SMILES string of the molecule is CCN(CC)c1ccc(C2/C(=C(/O)c3ccncc3)C(=O)C(=O)N2Cc2cccnc2)cc1. The molecule has 4 rings (SSSR count). The van der Waals surface area contributed by atoms with E-state index in [1.54, 1.807) is 30.6 Å². The van der Waals surface area contributed by atoms with E-state index in [-0.39, 0.29) is 17.9 Å². The number of anilines is 1. The zero-order chi connectivity index (χ0) is 23.4. The van der Waals surface area contributed by atoms with Crippen LogP contribution in [0.3, 0.4) is 0 Å². The van der Waals surface area contributed by atoms with E-state index in [9.17, 15) is 14.7 Å². The largest absolute Gasteiger partial charge is 0.507 e. The number of aromatic nitrogens is 2. The molecule has 1 amide bonds. The van der Waals surface area contributed by atoms with Crippen LogP contribution in [-0.2, 0) is 16.1 Å². The highest BCUT2D eigenvalue weighted by Crippen LogP contribution is 2.40. The molecular weight excluding hydrogens is 416 g/mol. The number of ketones is 1. The van der Waals surface area contributed by atoms with Crippen molar-refractivity contribution in [3.63, 3.8) is 0 Å². The molecule has 1 saturated heterocycles. The Labute approximate surface area is 193 Å². The third kappa shape index (κ3) is 4.35. The minimum Gasteiger partial charge on any atom is -0.507 e. The fourth-order valence-corrected chi connectivity index (χ4v) is 4.20. The second kappa shape index (κ2) is 9.65. The molecule has 1 N–H and O–H groups in total. The Kier molecular flexibility index (Phi) is 6.49. The highest BCUT2D eigenvalue weighted by atomic mass is 16.3. The Bertz CT molecular complexity index is 1160. The number of hydrogen-bond acceptors (Lipinski definition) is 6. The summed E-state index contributed by atoms with van der Waals surface area (Å²) in [7, 11) is 0. The lowest BCUT2D eigenvalue weighted by Gasteiger charge is -2.26. The molecular formula is C26H26N4O3. The summed E-state index contributed by atoms with van der Waals surface area (Å²) in [5.74, 6) is -1.56. The molecule has 7 nitrogen and oxygen atoms in total. The van der Waals surface area contributed by atoms with E-state index in [1.165, 1.54) is 17.3 Å². The molecule has 0 radical (unpaired) electrons. The van der Waals surface area contributed by atoms with Gasteiger partial charge in [0.05, 0.1) is 11.6 Å². The number of carbonyl (C=O) groups excluding carboxylic acids is 2. The van der Waals surface area contributed by atoms with Gasteiger partial charge >= 0.3 is 0 Å². The Morgan fingerprint density at radius 2 is 1.67 bits per heavy atom. The maximum absolute atomic E-state index is 13.1. The van der Waals surface area contributed by atoms with Crippen LogP contribution in [0.2, 0.25) is 0 Å². The van der Waals surface area contributed by atoms with E-state index in [2.05, 4.69) is 28.7 Å². The van der Waals surface area contributed by atoms with E-state index in [0.717, 1.165) is 29.9 Å². The van der Waals surface area contributed by atoms with Crippen molar-refractivity contribution in [1.82, 2.24) is 14.9 Å². The number of likely N-dealkylation sites (tertiary alicyclic amines) is 1. The summed E-state index contributed by atoms with van der Waals surface area (Å²) in [4.78, 5) is 38.0. The molecule has 1 unspecified atom stereocenters. The van der Waals surface area contributed by atoms with E-state index in [1.807, 2.05) is 30.3 Å². The van der Waals surface area contributed by atoms with Crippen LogP contribution in [-0.4, -0.2) is 44.8 Å². The van der Waals surface area contributed by atoms with Crippen molar-refractivity contribution in [2.24, 2.45) is 0 Å². The molecule has 0 bridgehead atoms. The van der Waals surface area contributed by atoms with Gasteiger partial charge in [0.1, 0.15) is 5.76 Å². The normalized spacial score (nSPS) is 17.4. The Hall–Kier alpha value is -4.00. The average Bonchev–Trinajstić information content (AvgIpc) is 3.11. The van der Waals surface area contributed by atoms with E-state index in [4.69, 9.17) is 0 Å². The third-order valence-electron chi connectivity index (χ3n) is 5.91. The summed E-state index contributed by atoms with van der Waals surface area (Å²) < 4.78 is 0. The highest BCUT2D eigenvalue weighted by molar-refractivity contribution is 6.46. The van der Waals surface area contributed by atoms with Crippen molar-refractivity contribution in [2.75, 3.05) is 18.0 Å². The van der Waals surface area contributed by atoms with Crippen molar-refractivity contribution in [1.29, 1.82) is 0 Å². The molecule has 3 heterocycles. The lowest BCUT2D eigenvalue weighted by atomic mass is 9.95. The second-order valence-electron chi connectivity index (χ2n) is 7.79. The van der Waals surface area contributed by atoms with Crippen LogP contribution in [0.4, 0.5) is 5.69 Å². The van der Waals surface area contributed by atoms with Crippen LogP contribution >= 0.6 is 0 Å². The Morgan fingerprint density at radius 3 is 2.27 bits per heavy atom. The third-order valence-corrected chi connectivity index (χ3v) is 5.91. The minimum atomic E-state index is -0.718. The summed E-state index contributed by atoms with van der Waals surface area (Å²) in [6.07, 6.45) is 6.40. The van der Waals surface area contributed by atoms with Crippen molar-refractivity contribution in [3.8, 4) is 0 Å². The second-order valence-corrected chi connectivity index (χ2v) is 7.79. The number of hydrogen-bond donors (Lipinski definition) is 1. The van der Waals surface area contributed by atoms with Gasteiger partial charge in [-0.1, -0.05) is 18.2 Å². The van der Waals surface area contributed by atoms with Crippen LogP contribution in [0.1, 0.15) is 36.6 Å². The fraction of sp³-hybridized carbons (Fsp3) is 0.231. The first-order chi connectivity index (χ1) is 16.0. The first kappa shape index (κ1) is 22.2. The van der Waals surface area contributed by atoms with Gasteiger partial charge in [0, 0.05) is 55.7 Å². The summed E-state index contributed by atoms with van der Waals surface area (Å²) in [5.41, 5.74) is 3.12. The molecule has 33 heavy (non-hydrogen) atoms. The molecule has 3 aromatic rings. The maximum Gasteiger partial charge on any atom is 0.295 e. The van der Waals surface area contributed by atoms with Crippen LogP contribution < -0.4 is 4.90 Å². The van der Waals surface area contributed by atoms with E-state index in [0.29, 0.717) is 5.56 Å². The minimum absolute atomic E-state index is 0.0747. The smallest absolute Gasteiger partial charge is 0.295 e. The van der Waals surface area contributed by atoms with Gasteiger partial charge in [-0.3, -0.25) is 19.6 Å². The van der Waals surface area contributed by atoms with Crippen LogP contribution in [0, 0.1) is 0 Å². The zero-order valence-electron chi connectivity index (χ0n) is 18.7. The molecule has 0 saturated carbocycles. The standard InChI is InChI=1S/C26H26N4O3/c1-3-29(4-2)21-9-7-19(8-10-21)23-22(24(31)20-11-14-27-15-12-20)25(32)26(33)30(23)17-18-6-5-13-28-16-18/h5-16,23,31H,3-4,17H2,1-2H3/b24-22-. The fourth-order valence-electron chi connectivity index (χ4n) is 4.20. The topological polar surface area (TPSA) is 86.6 Å². The van der Waals surface area contributed by atoms with Crippen molar-refractivity contribution >= 4 is 23.1 Å². The van der Waals surface area contributed by atoms with Gasteiger partial charge in [0.2, 0.25) is 0 Å². The number of amides is 1. The molecule has 1 atom stereocenters. The van der Waals surface area contributed by atoms with Crippen LogP contribution in [0.5, 0.6) is 0 Å². The molecule has 0 spiro atoms. The van der Waals surface area contributed by atoms with Gasteiger partial charge in [-0.25, -0.2) is 0 Å². The lowest BCUT2D eigenvalue weighted by molar-refractivity contribution is -0.140. The zero-order valence-corrected chi connectivity index (χ0v) is 18.7. The van der Waals surface area contributed by atoms with Crippen LogP contribution in [0.25, 0.3) is 5.76 Å². The predicted molar refractivity (Wildman–Crippen MR) is 126 cm³/mol. The van der Waals surface area contributed by atoms with E-state index < -0.39 is 17.7 Å². The number of carbonyl (C=O) groups is 2. The summed E-state index contributed by atoms with van der Waals surface area (Å²) in [6, 6.07) is 14.0. The number of Topliss-reactive ketones (excluding diaryl/α,β-unsaturated/α-hetero) is 1. The average molecular weight is 443 g/mol. The first-order valence-electron chi connectivity index (χ1n) is 11.0. The highest BCUT2D eigenvalue weighted by Gasteiger charge is 2.46. The van der Waals surface area contributed by atoms with Crippen molar-refractivity contribution < 1.29 is 14.7 Å². The predicted octanol–water partition coefficient (Wildman–Crippen LogP) is 3.94. The van der Waals surface area contributed by atoms with Gasteiger partial charge in [0.15, 0.2) is 0 Å². The Balaban J connectivity index is 1.82. The lowest BCUT2D eigenvalue weighted by Crippen LogP contribution is -2.29. The van der Waals surface area contributed by atoms with Gasteiger partial charge < -0.3 is 14.9 Å². The number of nitrogens with zero attached hydrogens (tertiary/aromatic N) is 4. The molecule has 1 fully saturated rings. The van der Waals surface area contributed by atoms with Crippen LogP contribution in [0.15, 0.2) is 78.9 Å². The van der Waals surface area contributed by atoms with Gasteiger partial charge in [-0.15, -0.1) is 0 Å². The first-order valence-corrected chi connectivity index (χ1v) is 11.0. The number of pyridine rings is 2. The number of rotatable bonds is 7. The quantitative estimate of drug-likeness (QED) is 0.339. The molecule has 2 aromatic heterocycles. The number of benzene rings is 1. The monoisotopic (exact) mass is 442 g/mol. The van der Waals surface area contributed by atoms with Gasteiger partial charge in [-0.05, 0) is 55.3 Å². The van der Waals surface area contributed by atoms with Gasteiger partial charge in [-0.2, -0.15) is 0 Å². The Morgan fingerprint density at radius 1 is 0.970 bits per heavy atom. The molecule has 0 aliphatic carbocycles. The van der Waals surface area contributed by atoms with Gasteiger partial charge in [0.25, 0.3) is 11.7 Å². The molecule has 168 valence electrons. The molecule has 1 aliphatic heterocycles. The van der Waals surface area contributed by atoms with Crippen molar-refractivity contribution in [2.45, 2.75) is 26.4 Å². The summed E-state index contributed by atoms with van der Waals surface area (Å²) in [6.45, 7) is 6.13. The summed E-state index contributed by atoms with van der Waals surface area (Å²) in [5, 5.41) is 11.1. The van der Waals surface area contributed by atoms with Crippen molar-refractivity contribution in [3.05, 3.63) is 95.6 Å². The molecule has 1 aromatic carbocycles. The maximum atomic E-state index is 13.1. The van der Waals surface area contributed by atoms with E-state index >= 15 is 0 Å².